The number of nitro groups is 2. The number of hydrogen-bond acceptors (Lipinski definition) is 10. The van der Waals surface area contributed by atoms with Crippen molar-refractivity contribution in [2.75, 3.05) is 4.42 Å². The zero-order chi connectivity index (χ0) is 20.6. The van der Waals surface area contributed by atoms with E-state index in [1.54, 1.807) is 30.3 Å². The third-order valence-corrected chi connectivity index (χ3v) is 3.28. The van der Waals surface area contributed by atoms with Gasteiger partial charge in [0.15, 0.2) is 5.34 Å². The lowest BCUT2D eigenvalue weighted by Gasteiger charge is -2.15. The lowest BCUT2D eigenvalue weighted by molar-refractivity contribution is -0.394. The fraction of sp³-hybridized carbons (Fsp3) is 0. The van der Waals surface area contributed by atoms with Gasteiger partial charge in [0, 0.05) is 23.9 Å². The molecule has 0 aliphatic heterocycles. The van der Waals surface area contributed by atoms with E-state index >= 15 is 0 Å². The molecule has 0 aliphatic carbocycles. The molecule has 15 heteroatoms. The summed E-state index contributed by atoms with van der Waals surface area (Å²) in [6.07, 6.45) is 0. The van der Waals surface area contributed by atoms with Crippen LogP contribution in [-0.4, -0.2) is 22.8 Å². The van der Waals surface area contributed by atoms with Crippen molar-refractivity contribution in [2.24, 2.45) is 5.34 Å². The Morgan fingerprint density at radius 1 is 1.00 bits per heavy atom. The number of rotatable bonds is 6. The molecule has 2 rings (SSSR count). The van der Waals surface area contributed by atoms with Crippen LogP contribution in [0.3, 0.4) is 0 Å². The predicted molar refractivity (Wildman–Crippen MR) is 92.6 cm³/mol. The summed E-state index contributed by atoms with van der Waals surface area (Å²) in [5, 5.41) is 23.0. The Hall–Kier alpha value is -3.36. The predicted octanol–water partition coefficient (Wildman–Crippen LogP) is 3.28. The van der Waals surface area contributed by atoms with Crippen molar-refractivity contribution in [2.45, 2.75) is 0 Å². The third-order valence-electron chi connectivity index (χ3n) is 2.64. The van der Waals surface area contributed by atoms with Crippen LogP contribution >= 0.6 is 11.8 Å². The molecular formula is C12H9ClN4O9S. The van der Waals surface area contributed by atoms with Gasteiger partial charge in [-0.2, -0.15) is 8.42 Å². The van der Waals surface area contributed by atoms with Crippen molar-refractivity contribution in [1.29, 1.82) is 0 Å². The monoisotopic (exact) mass is 420 g/mol. The highest BCUT2D eigenvalue weighted by molar-refractivity contribution is 7.80. The fourth-order valence-corrected chi connectivity index (χ4v) is 1.94. The molecule has 0 bridgehead atoms. The molecule has 0 unspecified atom stereocenters. The normalized spacial score (nSPS) is 10.1. The van der Waals surface area contributed by atoms with E-state index in [1.807, 2.05) is 0 Å². The van der Waals surface area contributed by atoms with Crippen molar-refractivity contribution in [1.82, 2.24) is 0 Å². The summed E-state index contributed by atoms with van der Waals surface area (Å²) in [6.45, 7) is 0. The molecular weight excluding hydrogens is 412 g/mol. The number of halogens is 1. The van der Waals surface area contributed by atoms with Gasteiger partial charge in [-0.15, -0.1) is 4.91 Å². The highest BCUT2D eigenvalue weighted by Crippen LogP contribution is 2.33. The Bertz CT molecular complexity index is 907. The molecule has 0 fully saturated rings. The van der Waals surface area contributed by atoms with Gasteiger partial charge in [-0.05, 0) is 12.1 Å². The summed E-state index contributed by atoms with van der Waals surface area (Å²) < 4.78 is 30.0. The summed E-state index contributed by atoms with van der Waals surface area (Å²) in [4.78, 5) is 29.0. The smallest absolute Gasteiger partial charge is 0.258 e. The first-order valence-corrected chi connectivity index (χ1v) is 8.19. The van der Waals surface area contributed by atoms with Gasteiger partial charge in [-0.25, -0.2) is 4.28 Å². The number of para-hydroxylation sites is 1. The minimum Gasteiger partial charge on any atom is -0.258 e. The maximum Gasteiger partial charge on any atom is 0.468 e. The van der Waals surface area contributed by atoms with Gasteiger partial charge >= 0.3 is 10.4 Å². The Labute approximate surface area is 156 Å². The van der Waals surface area contributed by atoms with E-state index in [2.05, 4.69) is 4.28 Å². The van der Waals surface area contributed by atoms with Crippen LogP contribution in [0.15, 0.2) is 53.9 Å². The van der Waals surface area contributed by atoms with Gasteiger partial charge in [-0.1, -0.05) is 18.2 Å². The van der Waals surface area contributed by atoms with E-state index in [0.29, 0.717) is 5.69 Å². The quantitative estimate of drug-likeness (QED) is 0.239. The van der Waals surface area contributed by atoms with Crippen LogP contribution in [-0.2, 0) is 14.7 Å². The van der Waals surface area contributed by atoms with Crippen molar-refractivity contribution < 1.29 is 27.1 Å². The van der Waals surface area contributed by atoms with E-state index in [-0.39, 0.29) is 5.69 Å². The fourth-order valence-electron chi connectivity index (χ4n) is 1.65. The van der Waals surface area contributed by atoms with Crippen LogP contribution < -0.4 is 4.42 Å². The molecule has 0 spiro atoms. The van der Waals surface area contributed by atoms with Gasteiger partial charge in [-0.3, -0.25) is 29.2 Å². The number of nitro benzene ring substituents is 2. The highest BCUT2D eigenvalue weighted by Gasteiger charge is 2.19. The summed E-state index contributed by atoms with van der Waals surface area (Å²) in [5.41, 5.74) is -0.0886. The second kappa shape index (κ2) is 9.37. The molecule has 27 heavy (non-hydrogen) atoms. The Morgan fingerprint density at radius 3 is 1.81 bits per heavy atom. The van der Waals surface area contributed by atoms with E-state index in [1.165, 1.54) is 17.5 Å². The second-order valence-electron chi connectivity index (χ2n) is 4.42. The van der Waals surface area contributed by atoms with Gasteiger partial charge in [0.25, 0.3) is 11.4 Å². The van der Waals surface area contributed by atoms with Crippen LogP contribution in [0.2, 0.25) is 0 Å². The largest absolute Gasteiger partial charge is 0.468 e. The second-order valence-corrected chi connectivity index (χ2v) is 5.76. The summed E-state index contributed by atoms with van der Waals surface area (Å²) in [5.74, 6) is 0. The molecule has 2 aromatic carbocycles. The van der Waals surface area contributed by atoms with Crippen molar-refractivity contribution >= 4 is 44.9 Å². The zero-order valence-corrected chi connectivity index (χ0v) is 14.5. The molecule has 13 nitrogen and oxygen atoms in total. The van der Waals surface area contributed by atoms with Gasteiger partial charge in [0.2, 0.25) is 0 Å². The number of nitrogens with zero attached hydrogens (tertiary/aromatic N) is 4. The van der Waals surface area contributed by atoms with Gasteiger partial charge < -0.3 is 0 Å². The van der Waals surface area contributed by atoms with Crippen LogP contribution in [0.4, 0.5) is 22.7 Å². The first kappa shape index (κ1) is 21.7. The average molecular weight is 421 g/mol. The molecule has 2 aromatic rings. The molecule has 0 radical (unpaired) electrons. The van der Waals surface area contributed by atoms with Crippen LogP contribution in [0, 0.1) is 25.1 Å². The van der Waals surface area contributed by atoms with E-state index in [9.17, 15) is 28.6 Å². The Morgan fingerprint density at radius 2 is 1.48 bits per heavy atom. The number of non-ortho nitro benzene ring substituents is 2. The SMILES string of the molecule is O=NOS(=O)(=O)O.O=[N+]([O-])c1cc(N(Cl)c2ccccc2)cc([N+](=O)[O-])c1. The Kier molecular flexibility index (Phi) is 7.52. The lowest BCUT2D eigenvalue weighted by atomic mass is 10.2. The number of anilines is 2. The number of benzene rings is 2. The highest BCUT2D eigenvalue weighted by atomic mass is 35.5. The molecule has 0 amide bonds. The van der Waals surface area contributed by atoms with E-state index in [4.69, 9.17) is 21.2 Å². The van der Waals surface area contributed by atoms with Crippen molar-refractivity contribution in [3.05, 3.63) is 73.7 Å². The minimum atomic E-state index is -4.65. The van der Waals surface area contributed by atoms with Crippen molar-refractivity contribution in [3.8, 4) is 0 Å². The van der Waals surface area contributed by atoms with Crippen LogP contribution in [0.25, 0.3) is 0 Å². The minimum absolute atomic E-state index is 0.152. The average Bonchev–Trinajstić information content (AvgIpc) is 2.61. The first-order chi connectivity index (χ1) is 12.5. The standard InChI is InChI=1S/C12H8ClN3O4.HNO5S/c13-14(9-4-2-1-3-5-9)10-6-11(15(17)18)8-12(7-10)16(19)20;2-1-6-7(3,4)5/h1-8H;(H,3,4,5). The summed E-state index contributed by atoms with van der Waals surface area (Å²) >= 11 is 6.07. The van der Waals surface area contributed by atoms with Crippen LogP contribution in [0.5, 0.6) is 0 Å². The zero-order valence-electron chi connectivity index (χ0n) is 12.9. The summed E-state index contributed by atoms with van der Waals surface area (Å²) in [6, 6.07) is 11.8. The third kappa shape index (κ3) is 7.18. The molecule has 144 valence electrons. The van der Waals surface area contributed by atoms with Crippen molar-refractivity contribution in [3.63, 3.8) is 0 Å². The molecule has 0 heterocycles. The van der Waals surface area contributed by atoms with E-state index in [0.717, 1.165) is 10.5 Å². The van der Waals surface area contributed by atoms with Crippen LogP contribution in [0.1, 0.15) is 0 Å². The first-order valence-electron chi connectivity index (χ1n) is 6.48. The van der Waals surface area contributed by atoms with E-state index < -0.39 is 31.6 Å². The molecule has 0 aromatic heterocycles. The molecule has 0 saturated carbocycles. The van der Waals surface area contributed by atoms with Gasteiger partial charge in [0.1, 0.15) is 0 Å². The number of hydrogen-bond donors (Lipinski definition) is 1. The molecule has 0 saturated heterocycles. The maximum atomic E-state index is 10.8. The topological polar surface area (TPSA) is 183 Å². The molecule has 0 atom stereocenters. The molecule has 0 aliphatic rings. The maximum absolute atomic E-state index is 10.8. The lowest BCUT2D eigenvalue weighted by Crippen LogP contribution is -2.03. The Balaban J connectivity index is 0.000000445. The van der Waals surface area contributed by atoms with Gasteiger partial charge in [0.05, 0.1) is 27.3 Å². The molecule has 1 N–H and O–H groups in total. The summed E-state index contributed by atoms with van der Waals surface area (Å²) in [7, 11) is -4.65.